The third kappa shape index (κ3) is 29.7. The van der Waals surface area contributed by atoms with Gasteiger partial charge in [0.2, 0.25) is 6.08 Å². The van der Waals surface area contributed by atoms with Gasteiger partial charge < -0.3 is 47.4 Å². The first-order valence-electron chi connectivity index (χ1n) is 18.2. The number of unbranched alkanes of at least 4 members (excludes halogenated alkanes) is 1. The predicted octanol–water partition coefficient (Wildman–Crippen LogP) is 4.17. The second-order valence-corrected chi connectivity index (χ2v) is 12.8. The molecule has 0 aromatic carbocycles. The first kappa shape index (κ1) is 49.6. The Labute approximate surface area is 314 Å². The van der Waals surface area contributed by atoms with Crippen LogP contribution >= 0.6 is 0 Å². The van der Waals surface area contributed by atoms with Gasteiger partial charge >= 0.3 is 17.9 Å². The van der Waals surface area contributed by atoms with E-state index in [0.29, 0.717) is 58.1 Å². The van der Waals surface area contributed by atoms with E-state index in [1.165, 1.54) is 6.08 Å². The van der Waals surface area contributed by atoms with Crippen LogP contribution in [0.5, 0.6) is 0 Å². The summed E-state index contributed by atoms with van der Waals surface area (Å²) in [5.74, 6) is -1.57. The van der Waals surface area contributed by atoms with Crippen LogP contribution in [0.15, 0.2) is 17.1 Å². The van der Waals surface area contributed by atoms with Crippen molar-refractivity contribution in [1.29, 1.82) is 5.26 Å². The van der Waals surface area contributed by atoms with Gasteiger partial charge in [0.05, 0.1) is 70.7 Å². The molecule has 0 saturated heterocycles. The van der Waals surface area contributed by atoms with Crippen molar-refractivity contribution in [3.63, 3.8) is 0 Å². The summed E-state index contributed by atoms with van der Waals surface area (Å²) in [4.78, 5) is 50.0. The number of aliphatic imine (C=N–C) groups is 1. The Bertz CT molecular complexity index is 1110. The van der Waals surface area contributed by atoms with Gasteiger partial charge in [-0.1, -0.05) is 6.58 Å². The minimum absolute atomic E-state index is 0.0303. The fourth-order valence-electron chi connectivity index (χ4n) is 4.13. The minimum atomic E-state index is -0.986. The van der Waals surface area contributed by atoms with Gasteiger partial charge in [-0.2, -0.15) is 10.3 Å². The lowest BCUT2D eigenvalue weighted by Crippen LogP contribution is -2.28. The summed E-state index contributed by atoms with van der Waals surface area (Å²) in [6, 6.07) is -0.986. The van der Waals surface area contributed by atoms with Crippen molar-refractivity contribution in [3.05, 3.63) is 12.2 Å². The molecule has 0 aromatic heterocycles. The molecule has 0 bridgehead atoms. The van der Waals surface area contributed by atoms with Crippen molar-refractivity contribution in [2.75, 3.05) is 66.1 Å². The summed E-state index contributed by atoms with van der Waals surface area (Å²) in [7, 11) is 0. The van der Waals surface area contributed by atoms with Gasteiger partial charge in [-0.25, -0.2) is 14.4 Å². The molecular formula is C37H62N2O14. The lowest BCUT2D eigenvalue weighted by Gasteiger charge is -2.20. The highest BCUT2D eigenvalue weighted by atomic mass is 16.6. The fourth-order valence-corrected chi connectivity index (χ4v) is 4.13. The molecule has 304 valence electrons. The number of isocyanates is 1. The molecule has 0 heterocycles. The zero-order chi connectivity index (χ0) is 39.9. The van der Waals surface area contributed by atoms with Gasteiger partial charge in [-0.15, -0.1) is 0 Å². The van der Waals surface area contributed by atoms with Crippen molar-refractivity contribution in [3.8, 4) is 6.26 Å². The van der Waals surface area contributed by atoms with E-state index in [-0.39, 0.29) is 76.2 Å². The number of ether oxygens (including phenoxy) is 10. The first-order valence-corrected chi connectivity index (χ1v) is 18.2. The minimum Gasteiger partial charge on any atom is -0.464 e. The van der Waals surface area contributed by atoms with E-state index in [4.69, 9.17) is 47.9 Å². The van der Waals surface area contributed by atoms with E-state index in [1.54, 1.807) is 27.0 Å². The number of nitrogens with zero attached hydrogens (tertiary/aromatic N) is 2. The summed E-state index contributed by atoms with van der Waals surface area (Å²) in [6.07, 6.45) is 3.70. The van der Waals surface area contributed by atoms with Crippen molar-refractivity contribution >= 4 is 24.0 Å². The predicted molar refractivity (Wildman–Crippen MR) is 191 cm³/mol. The largest absolute Gasteiger partial charge is 0.464 e. The fraction of sp³-hybridized carbons (Fsp3) is 0.811. The van der Waals surface area contributed by atoms with E-state index < -0.39 is 30.1 Å². The maximum absolute atomic E-state index is 12.2. The molecule has 0 aliphatic carbocycles. The van der Waals surface area contributed by atoms with Crippen LogP contribution in [0.3, 0.4) is 0 Å². The molecular weight excluding hydrogens is 696 g/mol. The average molecular weight is 759 g/mol. The molecule has 0 aliphatic heterocycles. The number of carbonyl (C=O) groups excluding carboxylic acids is 4. The standard InChI is InChI=1S/C37H62N2O14/c1-27(2)36(42)53-33(8)24-51-31(6)22-49-29(4)20-45-17-12-16-44-19-28(3)48-21-30(5)50-23-32(7)52-35(41)14-11-18-47-37(43)34(39-26-40)13-9-10-15-46-25-38/h28-34H,1,9-24H2,2-8H3. The highest BCUT2D eigenvalue weighted by Crippen LogP contribution is 2.09. The Hall–Kier alpha value is -3.42. The lowest BCUT2D eigenvalue weighted by atomic mass is 10.1. The maximum Gasteiger partial charge on any atom is 0.333 e. The molecule has 0 radical (unpaired) electrons. The van der Waals surface area contributed by atoms with Crippen molar-refractivity contribution in [1.82, 2.24) is 0 Å². The molecule has 7 unspecified atom stereocenters. The zero-order valence-electron chi connectivity index (χ0n) is 32.7. The number of esters is 3. The Balaban J connectivity index is 3.90. The Morgan fingerprint density at radius 2 is 1.17 bits per heavy atom. The Morgan fingerprint density at radius 3 is 1.68 bits per heavy atom. The van der Waals surface area contributed by atoms with Crippen molar-refractivity contribution in [2.24, 2.45) is 4.99 Å². The summed E-state index contributed by atoms with van der Waals surface area (Å²) in [5, 5.41) is 8.36. The SMILES string of the molecule is C=C(C)C(=O)OC(C)COC(C)COC(C)COCCCOCC(C)OCC(C)OCC(C)OC(=O)CCCOC(=O)C(CCCCOC#N)N=C=O. The molecule has 0 spiro atoms. The van der Waals surface area contributed by atoms with Crippen LogP contribution < -0.4 is 0 Å². The summed E-state index contributed by atoms with van der Waals surface area (Å²) < 4.78 is 54.6. The van der Waals surface area contributed by atoms with Crippen LogP contribution in [0.2, 0.25) is 0 Å². The van der Waals surface area contributed by atoms with E-state index in [0.717, 1.165) is 6.42 Å². The molecule has 53 heavy (non-hydrogen) atoms. The van der Waals surface area contributed by atoms with Crippen LogP contribution in [-0.4, -0.2) is 133 Å². The highest BCUT2D eigenvalue weighted by molar-refractivity contribution is 5.87. The molecule has 0 aromatic rings. The van der Waals surface area contributed by atoms with E-state index in [2.05, 4.69) is 16.3 Å². The molecule has 0 amide bonds. The van der Waals surface area contributed by atoms with Gasteiger partial charge in [0, 0.05) is 25.2 Å². The van der Waals surface area contributed by atoms with Gasteiger partial charge in [-0.05, 0) is 80.6 Å². The van der Waals surface area contributed by atoms with Crippen LogP contribution in [0, 0.1) is 11.5 Å². The smallest absolute Gasteiger partial charge is 0.333 e. The summed E-state index contributed by atoms with van der Waals surface area (Å²) in [6.45, 7) is 19.5. The number of hydrogen-bond acceptors (Lipinski definition) is 16. The summed E-state index contributed by atoms with van der Waals surface area (Å²) >= 11 is 0. The molecule has 0 rings (SSSR count). The van der Waals surface area contributed by atoms with Crippen molar-refractivity contribution in [2.45, 2.75) is 130 Å². The van der Waals surface area contributed by atoms with Gasteiger partial charge in [0.15, 0.2) is 6.04 Å². The summed E-state index contributed by atoms with van der Waals surface area (Å²) in [5.41, 5.74) is 0.349. The second-order valence-electron chi connectivity index (χ2n) is 12.8. The molecule has 0 saturated carbocycles. The Morgan fingerprint density at radius 1 is 0.660 bits per heavy atom. The molecule has 16 nitrogen and oxygen atoms in total. The highest BCUT2D eigenvalue weighted by Gasteiger charge is 2.20. The molecule has 0 fully saturated rings. The number of rotatable bonds is 34. The monoisotopic (exact) mass is 758 g/mol. The second kappa shape index (κ2) is 32.0. The normalized spacial score (nSPS) is 15.0. The Kier molecular flexibility index (Phi) is 30.0. The number of carbonyl (C=O) groups is 3. The van der Waals surface area contributed by atoms with Gasteiger partial charge in [-0.3, -0.25) is 4.79 Å². The molecule has 0 N–H and O–H groups in total. The van der Waals surface area contributed by atoms with E-state index in [1.807, 2.05) is 27.7 Å². The van der Waals surface area contributed by atoms with Gasteiger partial charge in [0.1, 0.15) is 18.8 Å². The van der Waals surface area contributed by atoms with E-state index >= 15 is 0 Å². The first-order chi connectivity index (χ1) is 25.3. The number of hydrogen-bond donors (Lipinski definition) is 0. The van der Waals surface area contributed by atoms with Crippen LogP contribution in [0.25, 0.3) is 0 Å². The zero-order valence-corrected chi connectivity index (χ0v) is 32.7. The topological polar surface area (TPSA) is 197 Å². The third-order valence-corrected chi connectivity index (χ3v) is 7.02. The van der Waals surface area contributed by atoms with E-state index in [9.17, 15) is 19.2 Å². The molecule has 16 heteroatoms. The molecule has 0 aliphatic rings. The van der Waals surface area contributed by atoms with Gasteiger partial charge in [0.25, 0.3) is 6.26 Å². The quantitative estimate of drug-likeness (QED) is 0.0172. The van der Waals surface area contributed by atoms with Crippen LogP contribution in [-0.2, 0) is 66.5 Å². The van der Waals surface area contributed by atoms with Crippen LogP contribution in [0.4, 0.5) is 0 Å². The molecule has 7 atom stereocenters. The third-order valence-electron chi connectivity index (χ3n) is 7.02. The lowest BCUT2D eigenvalue weighted by molar-refractivity contribution is -0.154. The van der Waals surface area contributed by atoms with Crippen molar-refractivity contribution < 1.29 is 66.5 Å². The number of nitriles is 1. The van der Waals surface area contributed by atoms with Crippen LogP contribution in [0.1, 0.15) is 87.0 Å². The average Bonchev–Trinajstić information content (AvgIpc) is 3.11. The maximum atomic E-state index is 12.2.